The number of nitro groups is 1. The molecular formula is C13H8FNO4S. The summed E-state index contributed by atoms with van der Waals surface area (Å²) in [5.74, 6) is -1.96. The predicted molar refractivity (Wildman–Crippen MR) is 70.6 cm³/mol. The Balaban J connectivity index is 2.45. The van der Waals surface area contributed by atoms with Crippen LogP contribution in [-0.4, -0.2) is 16.0 Å². The molecule has 0 unspecified atom stereocenters. The first-order chi connectivity index (χ1) is 9.49. The van der Waals surface area contributed by atoms with E-state index >= 15 is 0 Å². The zero-order valence-corrected chi connectivity index (χ0v) is 10.8. The zero-order valence-electron chi connectivity index (χ0n) is 9.95. The van der Waals surface area contributed by atoms with Crippen molar-refractivity contribution in [3.05, 3.63) is 64.0 Å². The normalized spacial score (nSPS) is 10.2. The van der Waals surface area contributed by atoms with E-state index < -0.39 is 16.7 Å². The highest BCUT2D eigenvalue weighted by Gasteiger charge is 2.18. The highest BCUT2D eigenvalue weighted by atomic mass is 32.2. The molecule has 0 aliphatic carbocycles. The van der Waals surface area contributed by atoms with Crippen molar-refractivity contribution in [3.63, 3.8) is 0 Å². The molecule has 1 N–H and O–H groups in total. The SMILES string of the molecule is O=C(O)c1cc(F)ccc1Sc1ccccc1[N+](=O)[O-]. The molecule has 102 valence electrons. The topological polar surface area (TPSA) is 80.4 Å². The van der Waals surface area contributed by atoms with E-state index in [0.717, 1.165) is 23.9 Å². The summed E-state index contributed by atoms with van der Waals surface area (Å²) in [6.07, 6.45) is 0. The van der Waals surface area contributed by atoms with E-state index in [1.165, 1.54) is 24.3 Å². The third-order valence-corrected chi connectivity index (χ3v) is 3.59. The number of benzene rings is 2. The molecule has 0 saturated heterocycles. The Bertz CT molecular complexity index is 690. The molecule has 5 nitrogen and oxygen atoms in total. The lowest BCUT2D eigenvalue weighted by atomic mass is 10.2. The van der Waals surface area contributed by atoms with Gasteiger partial charge in [0.05, 0.1) is 15.4 Å². The standard InChI is InChI=1S/C13H8FNO4S/c14-8-5-6-11(9(7-8)13(16)17)20-12-4-2-1-3-10(12)15(18)19/h1-7H,(H,16,17). The predicted octanol–water partition coefficient (Wildman–Crippen LogP) is 3.58. The van der Waals surface area contributed by atoms with Crippen molar-refractivity contribution < 1.29 is 19.2 Å². The summed E-state index contributed by atoms with van der Waals surface area (Å²) in [5.41, 5.74) is -0.355. The zero-order chi connectivity index (χ0) is 14.7. The molecule has 0 aromatic heterocycles. The Morgan fingerprint density at radius 1 is 1.20 bits per heavy atom. The number of carbonyl (C=O) groups is 1. The van der Waals surface area contributed by atoms with E-state index in [0.29, 0.717) is 4.90 Å². The van der Waals surface area contributed by atoms with Gasteiger partial charge in [0.2, 0.25) is 0 Å². The Kier molecular flexibility index (Phi) is 3.99. The molecule has 0 spiro atoms. The molecule has 0 fully saturated rings. The summed E-state index contributed by atoms with van der Waals surface area (Å²) >= 11 is 0.917. The summed E-state index contributed by atoms with van der Waals surface area (Å²) < 4.78 is 13.1. The number of para-hydroxylation sites is 1. The maximum atomic E-state index is 13.1. The molecular weight excluding hydrogens is 285 g/mol. The monoisotopic (exact) mass is 293 g/mol. The maximum Gasteiger partial charge on any atom is 0.336 e. The average Bonchev–Trinajstić information content (AvgIpc) is 2.41. The van der Waals surface area contributed by atoms with Crippen molar-refractivity contribution in [1.29, 1.82) is 0 Å². The Morgan fingerprint density at radius 3 is 2.55 bits per heavy atom. The number of carboxylic acids is 1. The van der Waals surface area contributed by atoms with Crippen molar-refractivity contribution in [2.24, 2.45) is 0 Å². The largest absolute Gasteiger partial charge is 0.478 e. The van der Waals surface area contributed by atoms with Gasteiger partial charge in [-0.05, 0) is 24.3 Å². The lowest BCUT2D eigenvalue weighted by Gasteiger charge is -2.06. The van der Waals surface area contributed by atoms with Crippen LogP contribution in [0.4, 0.5) is 10.1 Å². The molecule has 0 saturated carbocycles. The molecule has 7 heteroatoms. The summed E-state index contributed by atoms with van der Waals surface area (Å²) in [7, 11) is 0. The van der Waals surface area contributed by atoms with Gasteiger partial charge in [-0.25, -0.2) is 9.18 Å². The third-order valence-electron chi connectivity index (χ3n) is 2.45. The number of nitro benzene ring substituents is 1. The third kappa shape index (κ3) is 2.94. The fourth-order valence-electron chi connectivity index (χ4n) is 1.57. The highest BCUT2D eigenvalue weighted by molar-refractivity contribution is 7.99. The van der Waals surface area contributed by atoms with Crippen LogP contribution in [0.1, 0.15) is 10.4 Å². The average molecular weight is 293 g/mol. The first kappa shape index (κ1) is 14.0. The molecule has 0 radical (unpaired) electrons. The van der Waals surface area contributed by atoms with Gasteiger partial charge in [-0.2, -0.15) is 0 Å². The van der Waals surface area contributed by atoms with Crippen LogP contribution >= 0.6 is 11.8 Å². The van der Waals surface area contributed by atoms with Crippen molar-refractivity contribution in [3.8, 4) is 0 Å². The smallest absolute Gasteiger partial charge is 0.336 e. The Hall–Kier alpha value is -2.41. The molecule has 2 rings (SSSR count). The van der Waals surface area contributed by atoms with Gasteiger partial charge in [-0.15, -0.1) is 0 Å². The van der Waals surface area contributed by atoms with Crippen LogP contribution < -0.4 is 0 Å². The second kappa shape index (κ2) is 5.70. The number of hydrogen-bond donors (Lipinski definition) is 1. The molecule has 2 aromatic carbocycles. The van der Waals surface area contributed by atoms with Gasteiger partial charge in [-0.1, -0.05) is 23.9 Å². The Morgan fingerprint density at radius 2 is 1.90 bits per heavy atom. The minimum absolute atomic E-state index is 0.127. The molecule has 0 aliphatic rings. The molecule has 2 aromatic rings. The lowest BCUT2D eigenvalue weighted by molar-refractivity contribution is -0.387. The van der Waals surface area contributed by atoms with Crippen molar-refractivity contribution in [2.45, 2.75) is 9.79 Å². The summed E-state index contributed by atoms with van der Waals surface area (Å²) in [4.78, 5) is 22.0. The van der Waals surface area contributed by atoms with Crippen molar-refractivity contribution in [2.75, 3.05) is 0 Å². The minimum atomic E-state index is -1.29. The molecule has 0 amide bonds. The van der Waals surface area contributed by atoms with Gasteiger partial charge in [0.15, 0.2) is 0 Å². The second-order valence-corrected chi connectivity index (χ2v) is 4.86. The quantitative estimate of drug-likeness (QED) is 0.688. The van der Waals surface area contributed by atoms with Crippen molar-refractivity contribution in [1.82, 2.24) is 0 Å². The van der Waals surface area contributed by atoms with Crippen LogP contribution in [0, 0.1) is 15.9 Å². The summed E-state index contributed by atoms with van der Waals surface area (Å²) in [6.45, 7) is 0. The fourth-order valence-corrected chi connectivity index (χ4v) is 2.59. The van der Waals surface area contributed by atoms with E-state index in [-0.39, 0.29) is 16.1 Å². The number of hydrogen-bond acceptors (Lipinski definition) is 4. The maximum absolute atomic E-state index is 13.1. The van der Waals surface area contributed by atoms with Gasteiger partial charge in [0.25, 0.3) is 5.69 Å². The van der Waals surface area contributed by atoms with Crippen LogP contribution in [0.15, 0.2) is 52.3 Å². The number of nitrogens with zero attached hydrogens (tertiary/aromatic N) is 1. The second-order valence-electron chi connectivity index (χ2n) is 3.77. The Labute approximate surface area is 117 Å². The van der Waals surface area contributed by atoms with Gasteiger partial charge < -0.3 is 5.11 Å². The van der Waals surface area contributed by atoms with Gasteiger partial charge >= 0.3 is 5.97 Å². The van der Waals surface area contributed by atoms with Gasteiger partial charge in [0, 0.05) is 11.0 Å². The molecule has 0 atom stereocenters. The first-order valence-electron chi connectivity index (χ1n) is 5.43. The fraction of sp³-hybridized carbons (Fsp3) is 0. The van der Waals surface area contributed by atoms with E-state index in [1.807, 2.05) is 0 Å². The van der Waals surface area contributed by atoms with Crippen LogP contribution in [0.3, 0.4) is 0 Å². The molecule has 20 heavy (non-hydrogen) atoms. The molecule has 0 heterocycles. The molecule has 0 bridgehead atoms. The van der Waals surface area contributed by atoms with E-state index in [4.69, 9.17) is 5.11 Å². The van der Waals surface area contributed by atoms with Gasteiger partial charge in [0.1, 0.15) is 5.82 Å². The highest BCUT2D eigenvalue weighted by Crippen LogP contribution is 2.36. The van der Waals surface area contributed by atoms with Crippen LogP contribution in [0.5, 0.6) is 0 Å². The van der Waals surface area contributed by atoms with E-state index in [2.05, 4.69) is 0 Å². The summed E-state index contributed by atoms with van der Waals surface area (Å²) in [5, 5.41) is 19.9. The first-order valence-corrected chi connectivity index (χ1v) is 6.25. The van der Waals surface area contributed by atoms with Crippen LogP contribution in [0.25, 0.3) is 0 Å². The number of halogens is 1. The lowest BCUT2D eigenvalue weighted by Crippen LogP contribution is -2.00. The summed E-state index contributed by atoms with van der Waals surface area (Å²) in [6, 6.07) is 9.26. The van der Waals surface area contributed by atoms with E-state index in [9.17, 15) is 19.3 Å². The number of carboxylic acid groups (broad SMARTS) is 1. The van der Waals surface area contributed by atoms with Crippen LogP contribution in [0.2, 0.25) is 0 Å². The van der Waals surface area contributed by atoms with Crippen molar-refractivity contribution >= 4 is 23.4 Å². The minimum Gasteiger partial charge on any atom is -0.478 e. The number of aromatic carboxylic acids is 1. The molecule has 0 aliphatic heterocycles. The van der Waals surface area contributed by atoms with E-state index in [1.54, 1.807) is 6.07 Å². The van der Waals surface area contributed by atoms with Crippen LogP contribution in [-0.2, 0) is 0 Å². The van der Waals surface area contributed by atoms with Gasteiger partial charge in [-0.3, -0.25) is 10.1 Å². The number of rotatable bonds is 4.